The molecule has 1 unspecified atom stereocenters. The maximum Gasteiger partial charge on any atom is 0.0701 e. The zero-order chi connectivity index (χ0) is 9.47. The molecule has 0 aromatic carbocycles. The number of hydrogen-bond acceptors (Lipinski definition) is 3. The summed E-state index contributed by atoms with van der Waals surface area (Å²) in [6, 6.07) is 4.37. The zero-order valence-electron chi connectivity index (χ0n) is 7.42. The van der Waals surface area contributed by atoms with Crippen molar-refractivity contribution in [2.24, 2.45) is 5.73 Å². The lowest BCUT2D eigenvalue weighted by molar-refractivity contribution is -0.0682. The maximum atomic E-state index is 5.99. The predicted molar refractivity (Wildman–Crippen MR) is 58.2 cm³/mol. The first-order valence-electron chi connectivity index (χ1n) is 4.24. The first kappa shape index (κ1) is 9.65. The van der Waals surface area contributed by atoms with Gasteiger partial charge in [0.15, 0.2) is 0 Å². The molecule has 2 rings (SSSR count). The molecule has 1 fully saturated rings. The Bertz CT molecular complexity index is 306. The molecule has 0 radical (unpaired) electrons. The molecule has 1 saturated heterocycles. The summed E-state index contributed by atoms with van der Waals surface area (Å²) in [6.45, 7) is 3.57. The molecule has 1 aliphatic rings. The van der Waals surface area contributed by atoms with Gasteiger partial charge in [0.1, 0.15) is 0 Å². The van der Waals surface area contributed by atoms with Gasteiger partial charge < -0.3 is 10.5 Å². The lowest BCUT2D eigenvalue weighted by Crippen LogP contribution is -2.57. The fourth-order valence-electron chi connectivity index (χ4n) is 1.53. The Hall–Kier alpha value is 0.1000. The maximum absolute atomic E-state index is 5.99. The van der Waals surface area contributed by atoms with Crippen molar-refractivity contribution >= 4 is 27.3 Å². The fraction of sp³-hybridized carbons (Fsp3) is 0.556. The van der Waals surface area contributed by atoms with Crippen LogP contribution < -0.4 is 5.73 Å². The van der Waals surface area contributed by atoms with Crippen molar-refractivity contribution in [3.05, 3.63) is 20.8 Å². The van der Waals surface area contributed by atoms with E-state index in [9.17, 15) is 0 Å². The first-order valence-corrected chi connectivity index (χ1v) is 5.85. The van der Waals surface area contributed by atoms with Crippen molar-refractivity contribution in [3.63, 3.8) is 0 Å². The van der Waals surface area contributed by atoms with Crippen molar-refractivity contribution in [3.8, 4) is 0 Å². The summed E-state index contributed by atoms with van der Waals surface area (Å²) < 4.78 is 6.44. The number of nitrogens with two attached hydrogens (primary N) is 1. The van der Waals surface area contributed by atoms with Crippen molar-refractivity contribution < 1.29 is 4.74 Å². The van der Waals surface area contributed by atoms with Crippen molar-refractivity contribution in [1.29, 1.82) is 0 Å². The highest BCUT2D eigenvalue weighted by molar-refractivity contribution is 9.11. The Balaban J connectivity index is 2.31. The van der Waals surface area contributed by atoms with Gasteiger partial charge in [0.2, 0.25) is 0 Å². The molecule has 72 valence electrons. The molecule has 0 saturated carbocycles. The number of halogens is 1. The van der Waals surface area contributed by atoms with Gasteiger partial charge in [0, 0.05) is 10.9 Å². The molecule has 0 aliphatic carbocycles. The molecule has 1 aromatic heterocycles. The highest BCUT2D eigenvalue weighted by Gasteiger charge is 2.44. The first-order chi connectivity index (χ1) is 6.15. The minimum absolute atomic E-state index is 0.0800. The summed E-state index contributed by atoms with van der Waals surface area (Å²) in [5, 5.41) is 0. The van der Waals surface area contributed by atoms with Crippen LogP contribution in [0.15, 0.2) is 15.9 Å². The fourth-order valence-corrected chi connectivity index (χ4v) is 3.18. The van der Waals surface area contributed by atoms with Crippen molar-refractivity contribution in [1.82, 2.24) is 0 Å². The second-order valence-electron chi connectivity index (χ2n) is 3.54. The Morgan fingerprint density at radius 2 is 2.31 bits per heavy atom. The quantitative estimate of drug-likeness (QED) is 0.886. The second kappa shape index (κ2) is 3.35. The van der Waals surface area contributed by atoms with Crippen LogP contribution >= 0.6 is 27.3 Å². The largest absolute Gasteiger partial charge is 0.379 e. The molecule has 0 spiro atoms. The molecular weight excluding hydrogens is 250 g/mol. The third-order valence-corrected chi connectivity index (χ3v) is 4.50. The Labute approximate surface area is 90.2 Å². The Morgan fingerprint density at radius 1 is 1.62 bits per heavy atom. The van der Waals surface area contributed by atoms with Crippen LogP contribution in [0.5, 0.6) is 0 Å². The van der Waals surface area contributed by atoms with Crippen LogP contribution in [0.25, 0.3) is 0 Å². The van der Waals surface area contributed by atoms with E-state index in [1.54, 1.807) is 11.3 Å². The lowest BCUT2D eigenvalue weighted by atomic mass is 9.78. The lowest BCUT2D eigenvalue weighted by Gasteiger charge is -2.43. The van der Waals surface area contributed by atoms with Gasteiger partial charge in [-0.25, -0.2) is 0 Å². The Morgan fingerprint density at radius 3 is 2.62 bits per heavy atom. The van der Waals surface area contributed by atoms with Crippen LogP contribution in [0.3, 0.4) is 0 Å². The molecule has 2 heterocycles. The number of thiophene rings is 1. The summed E-state index contributed by atoms with van der Waals surface area (Å²) in [7, 11) is 0. The summed E-state index contributed by atoms with van der Waals surface area (Å²) >= 11 is 5.22. The van der Waals surface area contributed by atoms with Crippen LogP contribution in [-0.4, -0.2) is 19.3 Å². The molecule has 1 aliphatic heterocycles. The van der Waals surface area contributed by atoms with Gasteiger partial charge in [-0.15, -0.1) is 11.3 Å². The van der Waals surface area contributed by atoms with E-state index >= 15 is 0 Å². The van der Waals surface area contributed by atoms with Crippen molar-refractivity contribution in [2.75, 3.05) is 13.2 Å². The molecule has 1 atom stereocenters. The second-order valence-corrected chi connectivity index (χ2v) is 6.00. The number of hydrogen-bond donors (Lipinski definition) is 1. The van der Waals surface area contributed by atoms with Gasteiger partial charge in [-0.3, -0.25) is 0 Å². The predicted octanol–water partition coefficient (Wildman–Crippen LogP) is 2.13. The summed E-state index contributed by atoms with van der Waals surface area (Å²) in [4.78, 5) is 1.33. The minimum Gasteiger partial charge on any atom is -0.379 e. The van der Waals surface area contributed by atoms with Gasteiger partial charge in [0.25, 0.3) is 0 Å². The third-order valence-electron chi connectivity index (χ3n) is 2.65. The minimum atomic E-state index is 0.0800. The van der Waals surface area contributed by atoms with E-state index in [0.717, 1.165) is 17.0 Å². The van der Waals surface area contributed by atoms with E-state index in [-0.39, 0.29) is 11.5 Å². The van der Waals surface area contributed by atoms with Crippen LogP contribution in [0.1, 0.15) is 11.8 Å². The number of ether oxygens (including phenoxy) is 1. The van der Waals surface area contributed by atoms with Gasteiger partial charge in [-0.1, -0.05) is 0 Å². The standard InChI is InChI=1S/C9H12BrNOS/c1-6(11)9(4-12-5-9)7-2-3-8(10)13-7/h2-3,6H,4-5,11H2,1H3. The van der Waals surface area contributed by atoms with E-state index in [2.05, 4.69) is 35.0 Å². The van der Waals surface area contributed by atoms with Crippen LogP contribution in [0, 0.1) is 0 Å². The molecular formula is C9H12BrNOS. The number of rotatable bonds is 2. The molecule has 2 nitrogen and oxygen atoms in total. The van der Waals surface area contributed by atoms with E-state index in [1.165, 1.54) is 4.88 Å². The molecule has 0 bridgehead atoms. The topological polar surface area (TPSA) is 35.2 Å². The highest BCUT2D eigenvalue weighted by atomic mass is 79.9. The van der Waals surface area contributed by atoms with E-state index in [1.807, 2.05) is 0 Å². The smallest absolute Gasteiger partial charge is 0.0701 e. The zero-order valence-corrected chi connectivity index (χ0v) is 9.82. The summed E-state index contributed by atoms with van der Waals surface area (Å²) in [5.41, 5.74) is 6.07. The van der Waals surface area contributed by atoms with E-state index in [4.69, 9.17) is 10.5 Å². The van der Waals surface area contributed by atoms with Crippen LogP contribution in [-0.2, 0) is 10.2 Å². The van der Waals surface area contributed by atoms with Crippen LogP contribution in [0.4, 0.5) is 0 Å². The van der Waals surface area contributed by atoms with Gasteiger partial charge in [-0.2, -0.15) is 0 Å². The van der Waals surface area contributed by atoms with Gasteiger partial charge >= 0.3 is 0 Å². The third kappa shape index (κ3) is 1.46. The van der Waals surface area contributed by atoms with Crippen molar-refractivity contribution in [2.45, 2.75) is 18.4 Å². The summed E-state index contributed by atoms with van der Waals surface area (Å²) in [6.07, 6.45) is 0. The SMILES string of the molecule is CC(N)C1(c2ccc(Br)s2)COC1. The average molecular weight is 262 g/mol. The monoisotopic (exact) mass is 261 g/mol. The van der Waals surface area contributed by atoms with Gasteiger partial charge in [0.05, 0.1) is 22.4 Å². The molecule has 1 aromatic rings. The average Bonchev–Trinajstić information content (AvgIpc) is 2.32. The highest BCUT2D eigenvalue weighted by Crippen LogP contribution is 2.40. The molecule has 4 heteroatoms. The van der Waals surface area contributed by atoms with Crippen LogP contribution in [0.2, 0.25) is 0 Å². The van der Waals surface area contributed by atoms with E-state index in [0.29, 0.717) is 0 Å². The molecule has 2 N–H and O–H groups in total. The molecule has 0 amide bonds. The summed E-state index contributed by atoms with van der Waals surface area (Å²) in [5.74, 6) is 0. The molecule has 13 heavy (non-hydrogen) atoms. The van der Waals surface area contributed by atoms with Gasteiger partial charge in [-0.05, 0) is 35.0 Å². The normalized spacial score (nSPS) is 22.4. The Kier molecular flexibility index (Phi) is 2.49. The van der Waals surface area contributed by atoms with E-state index < -0.39 is 0 Å².